The fourth-order valence-electron chi connectivity index (χ4n) is 5.93. The maximum absolute atomic E-state index is 12.6. The van der Waals surface area contributed by atoms with E-state index in [1.54, 1.807) is 0 Å². The molecule has 248 valence electrons. The molecule has 0 aromatic heterocycles. The summed E-state index contributed by atoms with van der Waals surface area (Å²) in [5.74, 6) is 0.0377. The van der Waals surface area contributed by atoms with Gasteiger partial charge < -0.3 is 4.74 Å². The molecule has 0 heterocycles. The van der Waals surface area contributed by atoms with Gasteiger partial charge in [0.2, 0.25) is 0 Å². The molecule has 0 aliphatic rings. The number of ether oxygens (including phenoxy) is 1. The van der Waals surface area contributed by atoms with E-state index in [-0.39, 0.29) is 17.7 Å². The van der Waals surface area contributed by atoms with Crippen molar-refractivity contribution in [1.29, 1.82) is 0 Å². The minimum absolute atomic E-state index is 0.200. The second-order valence-corrected chi connectivity index (χ2v) is 12.9. The molecule has 0 N–H and O–H groups in total. The van der Waals surface area contributed by atoms with Gasteiger partial charge in [-0.25, -0.2) is 0 Å². The number of Topliss-reactive ketones (excluding diaryl/α,β-unsaturated/α-hetero) is 2. The predicted octanol–water partition coefficient (Wildman–Crippen LogP) is 12.0. The molecule has 0 aliphatic carbocycles. The van der Waals surface area contributed by atoms with Crippen molar-refractivity contribution in [3.8, 4) is 0 Å². The Bertz CT molecular complexity index is 614. The van der Waals surface area contributed by atoms with E-state index < -0.39 is 0 Å². The van der Waals surface area contributed by atoms with Gasteiger partial charge in [-0.15, -0.1) is 0 Å². The van der Waals surface area contributed by atoms with Gasteiger partial charge in [0.1, 0.15) is 11.6 Å². The summed E-state index contributed by atoms with van der Waals surface area (Å²) in [6.45, 7) is 6.70. The molecule has 42 heavy (non-hydrogen) atoms. The molecule has 0 aromatic carbocycles. The fraction of sp³-hybridized carbons (Fsp3) is 0.921. The third-order valence-electron chi connectivity index (χ3n) is 8.72. The number of hydrogen-bond donors (Lipinski definition) is 0. The molecule has 0 spiro atoms. The highest BCUT2D eigenvalue weighted by atomic mass is 16.5. The van der Waals surface area contributed by atoms with E-state index in [0.717, 1.165) is 44.9 Å². The Morgan fingerprint density at radius 1 is 0.429 bits per heavy atom. The van der Waals surface area contributed by atoms with Crippen molar-refractivity contribution in [2.45, 2.75) is 213 Å². The van der Waals surface area contributed by atoms with E-state index in [1.165, 1.54) is 122 Å². The molecule has 4 nitrogen and oxygen atoms in total. The quantitative estimate of drug-likeness (QED) is 0.0551. The smallest absolute Gasteiger partial charge is 0.309 e. The van der Waals surface area contributed by atoms with Crippen LogP contribution in [0.1, 0.15) is 213 Å². The molecule has 0 fully saturated rings. The molecule has 0 aromatic rings. The summed E-state index contributed by atoms with van der Waals surface area (Å²) in [5, 5.41) is 0. The van der Waals surface area contributed by atoms with Crippen LogP contribution in [0.25, 0.3) is 0 Å². The van der Waals surface area contributed by atoms with E-state index in [9.17, 15) is 14.4 Å². The van der Waals surface area contributed by atoms with Gasteiger partial charge in [-0.3, -0.25) is 14.4 Å². The maximum atomic E-state index is 12.6. The molecule has 0 aliphatic heterocycles. The van der Waals surface area contributed by atoms with Gasteiger partial charge in [0.25, 0.3) is 0 Å². The van der Waals surface area contributed by atoms with Crippen molar-refractivity contribution in [2.24, 2.45) is 5.92 Å². The SMILES string of the molecule is CCCCCCCCCCCCCC(=O)CCCCC[C@H](CC(=O)CCCCCCCCCCCCC)C(=O)OCC. The summed E-state index contributed by atoms with van der Waals surface area (Å²) in [4.78, 5) is 37.3. The topological polar surface area (TPSA) is 60.4 Å². The number of carbonyl (C=O) groups excluding carboxylic acids is 3. The molecule has 0 bridgehead atoms. The van der Waals surface area contributed by atoms with E-state index >= 15 is 0 Å². The zero-order valence-corrected chi connectivity index (χ0v) is 28.6. The average molecular weight is 593 g/mol. The van der Waals surface area contributed by atoms with Crippen LogP contribution < -0.4 is 0 Å². The molecule has 0 saturated carbocycles. The minimum atomic E-state index is -0.322. The summed E-state index contributed by atoms with van der Waals surface area (Å²) >= 11 is 0. The van der Waals surface area contributed by atoms with E-state index in [0.29, 0.717) is 38.1 Å². The van der Waals surface area contributed by atoms with E-state index in [2.05, 4.69) is 13.8 Å². The van der Waals surface area contributed by atoms with Crippen LogP contribution in [-0.2, 0) is 19.1 Å². The van der Waals surface area contributed by atoms with Gasteiger partial charge in [0.15, 0.2) is 0 Å². The first-order valence-corrected chi connectivity index (χ1v) is 18.7. The molecule has 0 radical (unpaired) electrons. The van der Waals surface area contributed by atoms with Crippen LogP contribution >= 0.6 is 0 Å². The van der Waals surface area contributed by atoms with Crippen LogP contribution in [0.4, 0.5) is 0 Å². The van der Waals surface area contributed by atoms with Crippen LogP contribution in [0.5, 0.6) is 0 Å². The molecule has 0 rings (SSSR count). The van der Waals surface area contributed by atoms with E-state index in [1.807, 2.05) is 6.92 Å². The first kappa shape index (κ1) is 40.8. The zero-order valence-electron chi connectivity index (χ0n) is 28.6. The van der Waals surface area contributed by atoms with Crippen molar-refractivity contribution in [3.63, 3.8) is 0 Å². The lowest BCUT2D eigenvalue weighted by atomic mass is 9.93. The summed E-state index contributed by atoms with van der Waals surface area (Å²) < 4.78 is 5.27. The molecule has 0 saturated heterocycles. The highest BCUT2D eigenvalue weighted by Gasteiger charge is 2.22. The summed E-state index contributed by atoms with van der Waals surface area (Å²) in [6.07, 6.45) is 34.0. The van der Waals surface area contributed by atoms with Crippen molar-refractivity contribution in [3.05, 3.63) is 0 Å². The lowest BCUT2D eigenvalue weighted by Crippen LogP contribution is -2.21. The van der Waals surface area contributed by atoms with Crippen LogP contribution in [-0.4, -0.2) is 24.1 Å². The van der Waals surface area contributed by atoms with Gasteiger partial charge in [0.05, 0.1) is 12.5 Å². The first-order chi connectivity index (χ1) is 20.5. The third kappa shape index (κ3) is 28.9. The lowest BCUT2D eigenvalue weighted by Gasteiger charge is -2.15. The van der Waals surface area contributed by atoms with Gasteiger partial charge >= 0.3 is 5.97 Å². The number of esters is 1. The largest absolute Gasteiger partial charge is 0.466 e. The van der Waals surface area contributed by atoms with Crippen LogP contribution in [0, 0.1) is 5.92 Å². The fourth-order valence-corrected chi connectivity index (χ4v) is 5.93. The molecule has 0 unspecified atom stereocenters. The standard InChI is InChI=1S/C38H72O4/c1-4-7-9-11-13-15-17-19-21-23-27-31-36(39)32-29-25-26-30-35(38(41)42-6-3)34-37(40)33-28-24-22-20-18-16-14-12-10-8-5-2/h35H,4-34H2,1-3H3/t35-/m1/s1. The molecule has 0 amide bonds. The van der Waals surface area contributed by atoms with Crippen molar-refractivity contribution < 1.29 is 19.1 Å². The third-order valence-corrected chi connectivity index (χ3v) is 8.72. The highest BCUT2D eigenvalue weighted by Crippen LogP contribution is 2.20. The Balaban J connectivity index is 3.85. The van der Waals surface area contributed by atoms with Crippen LogP contribution in [0.15, 0.2) is 0 Å². The number of rotatable bonds is 34. The zero-order chi connectivity index (χ0) is 30.9. The van der Waals surface area contributed by atoms with Crippen molar-refractivity contribution in [2.75, 3.05) is 6.61 Å². The maximum Gasteiger partial charge on any atom is 0.309 e. The summed E-state index contributed by atoms with van der Waals surface area (Å²) in [7, 11) is 0. The normalized spacial score (nSPS) is 12.0. The average Bonchev–Trinajstić information content (AvgIpc) is 2.98. The molecular formula is C38H72O4. The van der Waals surface area contributed by atoms with Gasteiger partial charge in [-0.1, -0.05) is 155 Å². The Morgan fingerprint density at radius 3 is 1.14 bits per heavy atom. The van der Waals surface area contributed by atoms with Gasteiger partial charge in [-0.2, -0.15) is 0 Å². The Morgan fingerprint density at radius 2 is 0.762 bits per heavy atom. The van der Waals surface area contributed by atoms with E-state index in [4.69, 9.17) is 4.74 Å². The van der Waals surface area contributed by atoms with Crippen LogP contribution in [0.3, 0.4) is 0 Å². The minimum Gasteiger partial charge on any atom is -0.466 e. The van der Waals surface area contributed by atoms with Gasteiger partial charge in [0, 0.05) is 25.7 Å². The predicted molar refractivity (Wildman–Crippen MR) is 180 cm³/mol. The Labute approximate surface area is 262 Å². The number of ketones is 2. The molecule has 1 atom stereocenters. The number of unbranched alkanes of at least 4 members (excludes halogenated alkanes) is 22. The first-order valence-electron chi connectivity index (χ1n) is 18.7. The second kappa shape index (κ2) is 32.7. The molecular weight excluding hydrogens is 520 g/mol. The number of hydrogen-bond acceptors (Lipinski definition) is 4. The summed E-state index contributed by atoms with van der Waals surface area (Å²) in [6, 6.07) is 0. The van der Waals surface area contributed by atoms with Gasteiger partial charge in [-0.05, 0) is 32.6 Å². The van der Waals surface area contributed by atoms with Crippen LogP contribution in [0.2, 0.25) is 0 Å². The molecule has 4 heteroatoms. The number of carbonyl (C=O) groups is 3. The Kier molecular flexibility index (Phi) is 31.8. The monoisotopic (exact) mass is 593 g/mol. The Hall–Kier alpha value is -1.19. The lowest BCUT2D eigenvalue weighted by molar-refractivity contribution is -0.150. The van der Waals surface area contributed by atoms with Crippen molar-refractivity contribution in [1.82, 2.24) is 0 Å². The highest BCUT2D eigenvalue weighted by molar-refractivity contribution is 5.84. The second-order valence-electron chi connectivity index (χ2n) is 12.9. The summed E-state index contributed by atoms with van der Waals surface area (Å²) in [5.41, 5.74) is 0. The van der Waals surface area contributed by atoms with Crippen molar-refractivity contribution >= 4 is 17.5 Å².